The van der Waals surface area contributed by atoms with Gasteiger partial charge in [-0.25, -0.2) is 4.57 Å². The Bertz CT molecular complexity index is 736. The van der Waals surface area contributed by atoms with Gasteiger partial charge in [-0.1, -0.05) is 24.3 Å². The number of rotatable bonds is 4. The fourth-order valence-corrected chi connectivity index (χ4v) is 3.82. The van der Waals surface area contributed by atoms with Crippen molar-refractivity contribution in [2.75, 3.05) is 0 Å². The van der Waals surface area contributed by atoms with E-state index in [-0.39, 0.29) is 0 Å². The van der Waals surface area contributed by atoms with Crippen LogP contribution in [0.15, 0.2) is 24.3 Å². The summed E-state index contributed by atoms with van der Waals surface area (Å²) in [6.45, 7) is 7.74. The Kier molecular flexibility index (Phi) is 5.13. The van der Waals surface area contributed by atoms with Crippen LogP contribution >= 0.6 is 18.2 Å². The standard InChI is InChI=1S/C18H22ClO3P/c1-11-7-9-13(3)17(15(11)5)21-23(19,20)22-18-14(4)10-8-12(2)16(18)6/h7-10H,1-6H3. The van der Waals surface area contributed by atoms with Crippen LogP contribution in [0.3, 0.4) is 0 Å². The maximum Gasteiger partial charge on any atom is 0.530 e. The molecule has 124 valence electrons. The third-order valence-corrected chi connectivity index (χ3v) is 5.36. The molecular weight excluding hydrogens is 331 g/mol. The molecule has 23 heavy (non-hydrogen) atoms. The minimum Gasteiger partial charge on any atom is -0.404 e. The molecule has 0 aromatic heterocycles. The second-order valence-electron chi connectivity index (χ2n) is 5.92. The fraction of sp³-hybridized carbons (Fsp3) is 0.333. The molecule has 0 aliphatic rings. The Morgan fingerprint density at radius 1 is 0.696 bits per heavy atom. The minimum atomic E-state index is -3.81. The maximum atomic E-state index is 12.7. The highest BCUT2D eigenvalue weighted by Crippen LogP contribution is 2.55. The normalized spacial score (nSPS) is 11.4. The van der Waals surface area contributed by atoms with Crippen molar-refractivity contribution in [2.45, 2.75) is 41.5 Å². The Morgan fingerprint density at radius 3 is 1.35 bits per heavy atom. The van der Waals surface area contributed by atoms with Crippen molar-refractivity contribution in [3.63, 3.8) is 0 Å². The highest BCUT2D eigenvalue weighted by molar-refractivity contribution is 7.82. The monoisotopic (exact) mass is 352 g/mol. The molecule has 0 aliphatic heterocycles. The minimum absolute atomic E-state index is 0.520. The van der Waals surface area contributed by atoms with Gasteiger partial charge in [-0.05, 0) is 74.9 Å². The van der Waals surface area contributed by atoms with Crippen LogP contribution in [0.2, 0.25) is 0 Å². The molecule has 0 spiro atoms. The number of hydrogen-bond donors (Lipinski definition) is 0. The van der Waals surface area contributed by atoms with Crippen molar-refractivity contribution in [3.05, 3.63) is 57.6 Å². The highest BCUT2D eigenvalue weighted by atomic mass is 35.7. The van der Waals surface area contributed by atoms with E-state index in [4.69, 9.17) is 20.3 Å². The smallest absolute Gasteiger partial charge is 0.404 e. The zero-order valence-corrected chi connectivity index (χ0v) is 16.0. The molecule has 2 aromatic rings. The van der Waals surface area contributed by atoms with Crippen LogP contribution < -0.4 is 9.05 Å². The molecule has 0 unspecified atom stereocenters. The molecule has 0 atom stereocenters. The van der Waals surface area contributed by atoms with Gasteiger partial charge in [0.1, 0.15) is 11.5 Å². The van der Waals surface area contributed by atoms with E-state index in [2.05, 4.69) is 0 Å². The average Bonchev–Trinajstić information content (AvgIpc) is 2.48. The summed E-state index contributed by atoms with van der Waals surface area (Å²) in [4.78, 5) is 0. The summed E-state index contributed by atoms with van der Waals surface area (Å²) in [6, 6.07) is 7.81. The summed E-state index contributed by atoms with van der Waals surface area (Å²) in [5.41, 5.74) is 5.65. The zero-order valence-electron chi connectivity index (χ0n) is 14.4. The van der Waals surface area contributed by atoms with Crippen molar-refractivity contribution in [1.29, 1.82) is 0 Å². The third kappa shape index (κ3) is 3.91. The second-order valence-corrected chi connectivity index (χ2v) is 8.39. The predicted molar refractivity (Wildman–Crippen MR) is 96.0 cm³/mol. The summed E-state index contributed by atoms with van der Waals surface area (Å²) in [5.74, 6) is 1.04. The fourth-order valence-electron chi connectivity index (χ4n) is 2.37. The van der Waals surface area contributed by atoms with E-state index >= 15 is 0 Å². The average molecular weight is 353 g/mol. The van der Waals surface area contributed by atoms with Gasteiger partial charge in [0.2, 0.25) is 0 Å². The summed E-state index contributed by atoms with van der Waals surface area (Å²) >= 11 is 6.11. The summed E-state index contributed by atoms with van der Waals surface area (Å²) in [7, 11) is 0. The van der Waals surface area contributed by atoms with Crippen LogP contribution in [-0.2, 0) is 4.57 Å². The van der Waals surface area contributed by atoms with Crippen LogP contribution in [0.5, 0.6) is 11.5 Å². The van der Waals surface area contributed by atoms with Crippen molar-refractivity contribution in [2.24, 2.45) is 0 Å². The molecule has 0 fully saturated rings. The first-order chi connectivity index (χ1) is 10.6. The molecule has 0 aliphatic carbocycles. The lowest BCUT2D eigenvalue weighted by Gasteiger charge is -2.20. The van der Waals surface area contributed by atoms with Crippen LogP contribution in [0.4, 0.5) is 0 Å². The summed E-state index contributed by atoms with van der Waals surface area (Å²) in [6.07, 6.45) is 0. The van der Waals surface area contributed by atoms with Crippen molar-refractivity contribution in [3.8, 4) is 11.5 Å². The van der Waals surface area contributed by atoms with Crippen molar-refractivity contribution in [1.82, 2.24) is 0 Å². The Balaban J connectivity index is 2.37. The molecule has 0 heterocycles. The lowest BCUT2D eigenvalue weighted by Crippen LogP contribution is -2.02. The first-order valence-corrected chi connectivity index (χ1v) is 9.89. The van der Waals surface area contributed by atoms with Gasteiger partial charge < -0.3 is 9.05 Å². The quantitative estimate of drug-likeness (QED) is 0.602. The molecule has 0 saturated heterocycles. The van der Waals surface area contributed by atoms with Crippen molar-refractivity contribution >= 4 is 18.2 Å². The lowest BCUT2D eigenvalue weighted by atomic mass is 10.1. The summed E-state index contributed by atoms with van der Waals surface area (Å²) in [5, 5.41) is 0. The predicted octanol–water partition coefficient (Wildman–Crippen LogP) is 6.34. The molecular formula is C18H22ClO3P. The van der Waals surface area contributed by atoms with Crippen LogP contribution in [-0.4, -0.2) is 0 Å². The number of aryl methyl sites for hydroxylation is 4. The maximum absolute atomic E-state index is 12.7. The van der Waals surface area contributed by atoms with E-state index in [1.165, 1.54) is 0 Å². The number of benzene rings is 2. The molecule has 0 bridgehead atoms. The number of halogens is 1. The van der Waals surface area contributed by atoms with E-state index < -0.39 is 6.95 Å². The largest absolute Gasteiger partial charge is 0.530 e. The first kappa shape index (κ1) is 17.9. The third-order valence-electron chi connectivity index (χ3n) is 4.15. The van der Waals surface area contributed by atoms with Gasteiger partial charge in [-0.2, -0.15) is 0 Å². The van der Waals surface area contributed by atoms with Gasteiger partial charge in [0, 0.05) is 11.2 Å². The molecule has 2 rings (SSSR count). The van der Waals surface area contributed by atoms with Gasteiger partial charge in [0.05, 0.1) is 0 Å². The SMILES string of the molecule is Cc1ccc(C)c(OP(=O)(Cl)Oc2c(C)ccc(C)c2C)c1C. The van der Waals surface area contributed by atoms with Gasteiger partial charge >= 0.3 is 6.95 Å². The van der Waals surface area contributed by atoms with Crippen LogP contribution in [0.25, 0.3) is 0 Å². The van der Waals surface area contributed by atoms with E-state index in [1.54, 1.807) is 0 Å². The van der Waals surface area contributed by atoms with E-state index in [9.17, 15) is 4.57 Å². The Hall–Kier alpha value is -1.44. The Morgan fingerprint density at radius 2 is 1.00 bits per heavy atom. The van der Waals surface area contributed by atoms with Crippen LogP contribution in [0.1, 0.15) is 33.4 Å². The molecule has 0 saturated carbocycles. The van der Waals surface area contributed by atoms with Gasteiger partial charge in [0.15, 0.2) is 0 Å². The van der Waals surface area contributed by atoms with Gasteiger partial charge in [-0.15, -0.1) is 0 Å². The topological polar surface area (TPSA) is 35.5 Å². The van der Waals surface area contributed by atoms with Gasteiger partial charge in [0.25, 0.3) is 0 Å². The van der Waals surface area contributed by atoms with E-state index in [0.717, 1.165) is 33.4 Å². The van der Waals surface area contributed by atoms with Crippen LogP contribution in [0, 0.1) is 41.5 Å². The molecule has 5 heteroatoms. The molecule has 3 nitrogen and oxygen atoms in total. The van der Waals surface area contributed by atoms with E-state index in [1.807, 2.05) is 65.8 Å². The first-order valence-electron chi connectivity index (χ1n) is 7.45. The second kappa shape index (κ2) is 6.59. The lowest BCUT2D eigenvalue weighted by molar-refractivity contribution is 0.401. The molecule has 2 aromatic carbocycles. The number of hydrogen-bond acceptors (Lipinski definition) is 3. The molecule has 0 radical (unpaired) electrons. The highest BCUT2D eigenvalue weighted by Gasteiger charge is 2.28. The molecule has 0 N–H and O–H groups in total. The zero-order chi connectivity index (χ0) is 17.4. The molecule has 0 amide bonds. The van der Waals surface area contributed by atoms with E-state index in [0.29, 0.717) is 11.5 Å². The summed E-state index contributed by atoms with van der Waals surface area (Å²) < 4.78 is 23.9. The van der Waals surface area contributed by atoms with Crippen molar-refractivity contribution < 1.29 is 13.6 Å². The Labute approximate surface area is 142 Å². The van der Waals surface area contributed by atoms with Gasteiger partial charge in [-0.3, -0.25) is 0 Å².